The van der Waals surface area contributed by atoms with Crippen molar-refractivity contribution in [1.29, 1.82) is 0 Å². The van der Waals surface area contributed by atoms with Gasteiger partial charge in [-0.3, -0.25) is 9.36 Å². The van der Waals surface area contributed by atoms with Crippen LogP contribution in [0, 0.1) is 0 Å². The Morgan fingerprint density at radius 2 is 1.62 bits per heavy atom. The minimum Gasteiger partial charge on any atom is -0.325 e. The van der Waals surface area contributed by atoms with Crippen LogP contribution in [-0.4, -0.2) is 31.4 Å². The minimum absolute atomic E-state index is 0.115. The maximum Gasteiger partial charge on any atom is 0.234 e. The Morgan fingerprint density at radius 1 is 0.822 bits per heavy atom. The molecule has 5 aromatic carbocycles. The predicted octanol–water partition coefficient (Wildman–Crippen LogP) is 9.30. The van der Waals surface area contributed by atoms with E-state index in [-0.39, 0.29) is 11.7 Å². The van der Waals surface area contributed by atoms with Crippen LogP contribution >= 0.6 is 46.5 Å². The fraction of sp³-hybridized carbons (Fsp3) is 0.0857. The lowest BCUT2D eigenvalue weighted by Crippen LogP contribution is -2.14. The number of nitrogens with one attached hydrogen (secondary N) is 1. The maximum atomic E-state index is 13.1. The first-order valence-electron chi connectivity index (χ1n) is 14.3. The number of nitrogens with zero attached hydrogens (tertiary/aromatic N) is 4. The first-order valence-corrected chi connectivity index (χ1v) is 17.4. The molecule has 0 unspecified atom stereocenters. The molecule has 6 nitrogen and oxygen atoms in total. The number of benzene rings is 5. The van der Waals surface area contributed by atoms with Gasteiger partial charge >= 0.3 is 0 Å². The first kappa shape index (κ1) is 29.6. The zero-order chi connectivity index (χ0) is 30.6. The summed E-state index contributed by atoms with van der Waals surface area (Å²) in [5.74, 6) is 1.65. The van der Waals surface area contributed by atoms with Crippen molar-refractivity contribution in [2.75, 3.05) is 11.1 Å². The molecule has 7 aromatic rings. The third-order valence-electron chi connectivity index (χ3n) is 7.18. The largest absolute Gasteiger partial charge is 0.325 e. The molecule has 1 amide bonds. The SMILES string of the molecule is O=C(CSc1nnc(Cc2ccc3ccccc3c2)n1-c1ccccc1)Nc1ccc2nc(SCc3ccccc3Cl)sc2c1. The number of carbonyl (C=O) groups excluding carboxylic acids is 1. The minimum atomic E-state index is -0.115. The van der Waals surface area contributed by atoms with Crippen LogP contribution in [0.2, 0.25) is 5.02 Å². The lowest BCUT2D eigenvalue weighted by atomic mass is 10.0. The number of fused-ring (bicyclic) bond motifs is 2. The Kier molecular flexibility index (Phi) is 8.84. The molecule has 0 aliphatic rings. The van der Waals surface area contributed by atoms with Gasteiger partial charge in [-0.25, -0.2) is 4.98 Å². The molecule has 7 rings (SSSR count). The smallest absolute Gasteiger partial charge is 0.234 e. The second-order valence-corrected chi connectivity index (χ2v) is 13.9. The second-order valence-electron chi connectivity index (χ2n) is 10.3. The summed E-state index contributed by atoms with van der Waals surface area (Å²) in [6.45, 7) is 0. The van der Waals surface area contributed by atoms with Crippen LogP contribution in [0.1, 0.15) is 17.0 Å². The number of carbonyl (C=O) groups is 1. The Hall–Kier alpha value is -4.15. The van der Waals surface area contributed by atoms with Crippen molar-refractivity contribution in [1.82, 2.24) is 19.7 Å². The van der Waals surface area contributed by atoms with E-state index in [1.54, 1.807) is 23.1 Å². The van der Waals surface area contributed by atoms with Gasteiger partial charge in [0.1, 0.15) is 5.82 Å². The van der Waals surface area contributed by atoms with E-state index in [9.17, 15) is 4.79 Å². The van der Waals surface area contributed by atoms with Crippen LogP contribution in [0.4, 0.5) is 5.69 Å². The molecule has 0 aliphatic heterocycles. The summed E-state index contributed by atoms with van der Waals surface area (Å²) in [4.78, 5) is 17.8. The van der Waals surface area contributed by atoms with Crippen molar-refractivity contribution in [3.8, 4) is 5.69 Å². The molecule has 0 aliphatic carbocycles. The summed E-state index contributed by atoms with van der Waals surface area (Å²) in [6.07, 6.45) is 0.618. The van der Waals surface area contributed by atoms with E-state index in [1.165, 1.54) is 22.5 Å². The first-order chi connectivity index (χ1) is 22.1. The number of thiazole rings is 1. The van der Waals surface area contributed by atoms with Crippen molar-refractivity contribution in [3.05, 3.63) is 137 Å². The summed E-state index contributed by atoms with van der Waals surface area (Å²) in [5.41, 5.74) is 4.83. The monoisotopic (exact) mass is 663 g/mol. The highest BCUT2D eigenvalue weighted by molar-refractivity contribution is 8.00. The zero-order valence-corrected chi connectivity index (χ0v) is 27.1. The number of para-hydroxylation sites is 1. The highest BCUT2D eigenvalue weighted by Crippen LogP contribution is 2.34. The summed E-state index contributed by atoms with van der Waals surface area (Å²) < 4.78 is 4.02. The standard InChI is InChI=1S/C35H26ClN5OS3/c36-29-13-7-6-10-26(29)21-44-35-38-30-17-16-27(20-31(30)45-35)37-33(42)22-43-34-40-39-32(41(34)28-11-2-1-3-12-28)19-23-14-15-24-8-4-5-9-25(24)18-23/h1-18,20H,19,21-22H2,(H,37,42). The molecule has 10 heteroatoms. The van der Waals surface area contributed by atoms with Gasteiger partial charge in [0.05, 0.1) is 16.0 Å². The number of rotatable bonds is 10. The Balaban J connectivity index is 1.03. The van der Waals surface area contributed by atoms with E-state index in [2.05, 4.69) is 45.8 Å². The van der Waals surface area contributed by atoms with E-state index in [1.807, 2.05) is 89.5 Å². The van der Waals surface area contributed by atoms with E-state index in [0.717, 1.165) is 53.7 Å². The maximum absolute atomic E-state index is 13.1. The number of hydrogen-bond acceptors (Lipinski definition) is 7. The topological polar surface area (TPSA) is 72.7 Å². The molecular weight excluding hydrogens is 638 g/mol. The van der Waals surface area contributed by atoms with Gasteiger partial charge in [-0.2, -0.15) is 0 Å². The number of anilines is 1. The van der Waals surface area contributed by atoms with Crippen LogP contribution in [0.3, 0.4) is 0 Å². The molecule has 2 heterocycles. The summed E-state index contributed by atoms with van der Waals surface area (Å²) in [5, 5.41) is 15.9. The highest BCUT2D eigenvalue weighted by atomic mass is 35.5. The third kappa shape index (κ3) is 6.92. The van der Waals surface area contributed by atoms with Crippen molar-refractivity contribution >= 4 is 79.0 Å². The van der Waals surface area contributed by atoms with Crippen LogP contribution in [0.15, 0.2) is 125 Å². The average Bonchev–Trinajstić information content (AvgIpc) is 3.67. The number of amides is 1. The molecule has 0 radical (unpaired) electrons. The molecular formula is C35H26ClN5OS3. The van der Waals surface area contributed by atoms with Crippen molar-refractivity contribution < 1.29 is 4.79 Å². The number of thioether (sulfide) groups is 2. The van der Waals surface area contributed by atoms with Crippen LogP contribution < -0.4 is 5.32 Å². The van der Waals surface area contributed by atoms with Crippen molar-refractivity contribution in [2.24, 2.45) is 0 Å². The molecule has 0 fully saturated rings. The van der Waals surface area contributed by atoms with Crippen molar-refractivity contribution in [2.45, 2.75) is 21.7 Å². The fourth-order valence-electron chi connectivity index (χ4n) is 5.00. The third-order valence-corrected chi connectivity index (χ3v) is 10.7. The van der Waals surface area contributed by atoms with E-state index < -0.39 is 0 Å². The van der Waals surface area contributed by atoms with E-state index in [4.69, 9.17) is 16.6 Å². The Labute approximate surface area is 277 Å². The zero-order valence-electron chi connectivity index (χ0n) is 23.9. The van der Waals surface area contributed by atoms with Gasteiger partial charge in [-0.15, -0.1) is 21.5 Å². The van der Waals surface area contributed by atoms with Gasteiger partial charge in [-0.1, -0.05) is 114 Å². The molecule has 0 saturated heterocycles. The average molecular weight is 664 g/mol. The Bertz CT molecular complexity index is 2130. The normalized spacial score (nSPS) is 11.3. The van der Waals surface area contributed by atoms with Gasteiger partial charge in [0.25, 0.3) is 0 Å². The molecule has 0 saturated carbocycles. The van der Waals surface area contributed by atoms with E-state index >= 15 is 0 Å². The molecule has 45 heavy (non-hydrogen) atoms. The molecule has 222 valence electrons. The summed E-state index contributed by atoms with van der Waals surface area (Å²) in [7, 11) is 0. The van der Waals surface area contributed by atoms with Gasteiger partial charge in [0.2, 0.25) is 5.91 Å². The van der Waals surface area contributed by atoms with Crippen LogP contribution in [0.5, 0.6) is 0 Å². The van der Waals surface area contributed by atoms with Crippen molar-refractivity contribution in [3.63, 3.8) is 0 Å². The quantitative estimate of drug-likeness (QED) is 0.147. The number of hydrogen-bond donors (Lipinski definition) is 1. The lowest BCUT2D eigenvalue weighted by Gasteiger charge is -2.11. The summed E-state index contributed by atoms with van der Waals surface area (Å²) in [6, 6.07) is 38.5. The lowest BCUT2D eigenvalue weighted by molar-refractivity contribution is -0.113. The van der Waals surface area contributed by atoms with Gasteiger partial charge < -0.3 is 5.32 Å². The van der Waals surface area contributed by atoms with Gasteiger partial charge in [0, 0.05) is 28.6 Å². The molecule has 0 bridgehead atoms. The van der Waals surface area contributed by atoms with E-state index in [0.29, 0.717) is 11.6 Å². The molecule has 0 atom stereocenters. The number of halogens is 1. The highest BCUT2D eigenvalue weighted by Gasteiger charge is 2.17. The fourth-order valence-corrected chi connectivity index (χ4v) is 8.17. The molecule has 1 N–H and O–H groups in total. The van der Waals surface area contributed by atoms with Crippen LogP contribution in [-0.2, 0) is 17.0 Å². The molecule has 2 aromatic heterocycles. The molecule has 0 spiro atoms. The second kappa shape index (κ2) is 13.5. The summed E-state index contributed by atoms with van der Waals surface area (Å²) >= 11 is 10.9. The predicted molar refractivity (Wildman–Crippen MR) is 188 cm³/mol. The van der Waals surface area contributed by atoms with Crippen LogP contribution in [0.25, 0.3) is 26.7 Å². The Morgan fingerprint density at radius 3 is 2.49 bits per heavy atom. The van der Waals surface area contributed by atoms with Gasteiger partial charge in [-0.05, 0) is 58.3 Å². The van der Waals surface area contributed by atoms with Gasteiger partial charge in [0.15, 0.2) is 9.50 Å². The number of aromatic nitrogens is 4.